The molecule has 0 aliphatic rings. The van der Waals surface area contributed by atoms with E-state index in [-0.39, 0.29) is 22.7 Å². The van der Waals surface area contributed by atoms with Crippen LogP contribution in [0.4, 0.5) is 37.7 Å². The number of halogens is 6. The number of H-pyrrole nitrogens is 1. The highest BCUT2D eigenvalue weighted by Crippen LogP contribution is 2.37. The highest BCUT2D eigenvalue weighted by molar-refractivity contribution is 7.99. The first-order valence-electron chi connectivity index (χ1n) is 8.19. The Labute approximate surface area is 173 Å². The molecule has 1 heterocycles. The van der Waals surface area contributed by atoms with Crippen LogP contribution in [0.25, 0.3) is 11.0 Å². The summed E-state index contributed by atoms with van der Waals surface area (Å²) in [6.45, 7) is 0. The van der Waals surface area contributed by atoms with Gasteiger partial charge in [-0.15, -0.1) is 0 Å². The number of nitrogens with zero attached hydrogens (tertiary/aromatic N) is 2. The van der Waals surface area contributed by atoms with E-state index >= 15 is 0 Å². The van der Waals surface area contributed by atoms with Crippen molar-refractivity contribution < 1.29 is 36.1 Å². The summed E-state index contributed by atoms with van der Waals surface area (Å²) in [5.41, 5.74) is -3.25. The lowest BCUT2D eigenvalue weighted by Crippen LogP contribution is -2.17. The van der Waals surface area contributed by atoms with Crippen LogP contribution in [0, 0.1) is 10.1 Å². The summed E-state index contributed by atoms with van der Waals surface area (Å²) in [5.74, 6) is -1.26. The minimum atomic E-state index is -5.04. The second-order valence-electron chi connectivity index (χ2n) is 6.13. The molecule has 2 aromatic carbocycles. The van der Waals surface area contributed by atoms with Crippen molar-refractivity contribution in [3.05, 3.63) is 57.6 Å². The Kier molecular flexibility index (Phi) is 5.85. The molecule has 14 heteroatoms. The number of benzene rings is 2. The molecule has 0 saturated heterocycles. The molecule has 0 aliphatic heterocycles. The number of aromatic nitrogens is 2. The molecule has 0 atom stereocenters. The zero-order chi connectivity index (χ0) is 23.0. The molecular formula is C17H10F6N4O3S. The third kappa shape index (κ3) is 5.45. The standard InChI is InChI=1S/C17H10F6N4O3S/c18-16(19,20)8-3-9(17(21,22)23)5-10(4-8)24-14(28)7-31-15-25-12-2-1-11(27(29)30)6-13(12)26-15/h1-6H,7H2,(H,24,28)(H,25,26). The van der Waals surface area contributed by atoms with E-state index in [0.29, 0.717) is 23.2 Å². The Morgan fingerprint density at radius 2 is 1.68 bits per heavy atom. The Balaban J connectivity index is 1.73. The molecule has 7 nitrogen and oxygen atoms in total. The number of amides is 1. The number of anilines is 1. The van der Waals surface area contributed by atoms with Gasteiger partial charge in [-0.3, -0.25) is 14.9 Å². The number of carbonyl (C=O) groups is 1. The van der Waals surface area contributed by atoms with E-state index in [1.807, 2.05) is 5.32 Å². The predicted octanol–water partition coefficient (Wildman–Crippen LogP) is 5.24. The fraction of sp³-hybridized carbons (Fsp3) is 0.176. The molecule has 31 heavy (non-hydrogen) atoms. The number of rotatable bonds is 5. The molecule has 3 aromatic rings. The number of aromatic amines is 1. The van der Waals surface area contributed by atoms with Crippen LogP contribution in [0.2, 0.25) is 0 Å². The van der Waals surface area contributed by atoms with Gasteiger partial charge in [-0.05, 0) is 24.3 Å². The number of fused-ring (bicyclic) bond motifs is 1. The highest BCUT2D eigenvalue weighted by Gasteiger charge is 2.37. The Morgan fingerprint density at radius 3 is 2.23 bits per heavy atom. The molecule has 0 unspecified atom stereocenters. The van der Waals surface area contributed by atoms with Crippen molar-refractivity contribution in [1.29, 1.82) is 0 Å². The number of nitrogens with one attached hydrogen (secondary N) is 2. The lowest BCUT2D eigenvalue weighted by Gasteiger charge is -2.14. The number of non-ortho nitro benzene ring substituents is 1. The second-order valence-corrected chi connectivity index (χ2v) is 7.10. The molecule has 2 N–H and O–H groups in total. The molecule has 0 spiro atoms. The molecular weight excluding hydrogens is 454 g/mol. The Morgan fingerprint density at radius 1 is 1.06 bits per heavy atom. The number of hydrogen-bond acceptors (Lipinski definition) is 5. The average Bonchev–Trinajstić information content (AvgIpc) is 3.06. The van der Waals surface area contributed by atoms with E-state index in [1.54, 1.807) is 0 Å². The second kappa shape index (κ2) is 8.09. The van der Waals surface area contributed by atoms with Gasteiger partial charge in [-0.2, -0.15) is 26.3 Å². The largest absolute Gasteiger partial charge is 0.416 e. The van der Waals surface area contributed by atoms with Crippen molar-refractivity contribution in [2.24, 2.45) is 0 Å². The first-order chi connectivity index (χ1) is 14.3. The molecule has 0 radical (unpaired) electrons. The third-order valence-corrected chi connectivity index (χ3v) is 4.74. The summed E-state index contributed by atoms with van der Waals surface area (Å²) in [5, 5.41) is 13.0. The molecule has 0 aliphatic carbocycles. The van der Waals surface area contributed by atoms with Crippen LogP contribution in [-0.4, -0.2) is 26.6 Å². The minimum Gasteiger partial charge on any atom is -0.333 e. The van der Waals surface area contributed by atoms with Crippen molar-refractivity contribution >= 4 is 40.1 Å². The first-order valence-corrected chi connectivity index (χ1v) is 9.18. The van der Waals surface area contributed by atoms with Gasteiger partial charge in [0.05, 0.1) is 32.8 Å². The van der Waals surface area contributed by atoms with Crippen LogP contribution in [0.15, 0.2) is 41.6 Å². The van der Waals surface area contributed by atoms with E-state index in [1.165, 1.54) is 18.2 Å². The summed E-state index contributed by atoms with van der Waals surface area (Å²) in [6.07, 6.45) is -10.1. The zero-order valence-electron chi connectivity index (χ0n) is 15.0. The van der Waals surface area contributed by atoms with Gasteiger partial charge >= 0.3 is 12.4 Å². The number of nitro groups is 1. The van der Waals surface area contributed by atoms with Crippen molar-refractivity contribution in [2.75, 3.05) is 11.1 Å². The monoisotopic (exact) mass is 464 g/mol. The number of carbonyl (C=O) groups excluding carboxylic acids is 1. The molecule has 0 bridgehead atoms. The molecule has 164 valence electrons. The average molecular weight is 464 g/mol. The van der Waals surface area contributed by atoms with Crippen molar-refractivity contribution in [2.45, 2.75) is 17.5 Å². The van der Waals surface area contributed by atoms with Gasteiger partial charge in [0.1, 0.15) is 0 Å². The normalized spacial score (nSPS) is 12.2. The van der Waals surface area contributed by atoms with Gasteiger partial charge in [0, 0.05) is 17.8 Å². The van der Waals surface area contributed by atoms with E-state index in [0.717, 1.165) is 11.8 Å². The topological polar surface area (TPSA) is 101 Å². The maximum absolute atomic E-state index is 12.9. The smallest absolute Gasteiger partial charge is 0.333 e. The maximum atomic E-state index is 12.9. The quantitative estimate of drug-likeness (QED) is 0.233. The lowest BCUT2D eigenvalue weighted by atomic mass is 10.1. The molecule has 0 fully saturated rings. The van der Waals surface area contributed by atoms with Crippen LogP contribution in [0.5, 0.6) is 0 Å². The number of imidazole rings is 1. The summed E-state index contributed by atoms with van der Waals surface area (Å²) >= 11 is 0.814. The fourth-order valence-corrected chi connectivity index (χ4v) is 3.20. The number of thioether (sulfide) groups is 1. The third-order valence-electron chi connectivity index (χ3n) is 3.87. The first kappa shape index (κ1) is 22.4. The van der Waals surface area contributed by atoms with Gasteiger partial charge in [0.15, 0.2) is 5.16 Å². The molecule has 1 aromatic heterocycles. The lowest BCUT2D eigenvalue weighted by molar-refractivity contribution is -0.384. The summed E-state index contributed by atoms with van der Waals surface area (Å²) in [7, 11) is 0. The number of alkyl halides is 6. The summed E-state index contributed by atoms with van der Waals surface area (Å²) in [4.78, 5) is 29.0. The van der Waals surface area contributed by atoms with Gasteiger partial charge in [0.2, 0.25) is 5.91 Å². The van der Waals surface area contributed by atoms with Gasteiger partial charge in [-0.25, -0.2) is 4.98 Å². The van der Waals surface area contributed by atoms with Gasteiger partial charge in [0.25, 0.3) is 5.69 Å². The molecule has 3 rings (SSSR count). The van der Waals surface area contributed by atoms with Crippen LogP contribution >= 0.6 is 11.8 Å². The van der Waals surface area contributed by atoms with E-state index < -0.39 is 40.0 Å². The van der Waals surface area contributed by atoms with E-state index in [4.69, 9.17) is 0 Å². The predicted molar refractivity (Wildman–Crippen MR) is 98.5 cm³/mol. The van der Waals surface area contributed by atoms with Crippen LogP contribution in [-0.2, 0) is 17.1 Å². The molecule has 1 amide bonds. The van der Waals surface area contributed by atoms with Gasteiger partial charge < -0.3 is 10.3 Å². The zero-order valence-corrected chi connectivity index (χ0v) is 15.8. The summed E-state index contributed by atoms with van der Waals surface area (Å²) < 4.78 is 77.3. The molecule has 0 saturated carbocycles. The van der Waals surface area contributed by atoms with Crippen molar-refractivity contribution in [3.63, 3.8) is 0 Å². The van der Waals surface area contributed by atoms with E-state index in [2.05, 4.69) is 9.97 Å². The van der Waals surface area contributed by atoms with E-state index in [9.17, 15) is 41.3 Å². The van der Waals surface area contributed by atoms with Crippen LogP contribution < -0.4 is 5.32 Å². The SMILES string of the molecule is O=C(CSc1nc2ccc([N+](=O)[O-])cc2[nH]1)Nc1cc(C(F)(F)F)cc(C(F)(F)F)c1. The highest BCUT2D eigenvalue weighted by atomic mass is 32.2. The number of hydrogen-bond donors (Lipinski definition) is 2. The van der Waals surface area contributed by atoms with Crippen molar-refractivity contribution in [1.82, 2.24) is 9.97 Å². The maximum Gasteiger partial charge on any atom is 0.416 e. The minimum absolute atomic E-state index is 0.0437. The van der Waals surface area contributed by atoms with Crippen molar-refractivity contribution in [3.8, 4) is 0 Å². The fourth-order valence-electron chi connectivity index (χ4n) is 2.51. The summed E-state index contributed by atoms with van der Waals surface area (Å²) in [6, 6.07) is 4.60. The Hall–Kier alpha value is -3.29. The van der Waals surface area contributed by atoms with Gasteiger partial charge in [-0.1, -0.05) is 11.8 Å². The van der Waals surface area contributed by atoms with Crippen LogP contribution in [0.3, 0.4) is 0 Å². The Bertz CT molecular complexity index is 1130. The van der Waals surface area contributed by atoms with Crippen LogP contribution in [0.1, 0.15) is 11.1 Å². The number of nitro benzene ring substituents is 1.